The Morgan fingerprint density at radius 1 is 1.54 bits per heavy atom. The first kappa shape index (κ1) is 9.51. The average molecular weight is 179 g/mol. The molecule has 1 rings (SSSR count). The van der Waals surface area contributed by atoms with Gasteiger partial charge in [-0.25, -0.2) is 0 Å². The van der Waals surface area contributed by atoms with E-state index in [1.165, 1.54) is 18.3 Å². The molecule has 1 aromatic rings. The number of pyridine rings is 1. The summed E-state index contributed by atoms with van der Waals surface area (Å²) < 4.78 is 0. The van der Waals surface area contributed by atoms with Gasteiger partial charge in [-0.05, 0) is 13.8 Å². The topological polar surface area (TPSA) is 61.9 Å². The molecule has 13 heavy (non-hydrogen) atoms. The number of carbonyl (C=O) groups is 1. The van der Waals surface area contributed by atoms with Gasteiger partial charge in [0.1, 0.15) is 5.69 Å². The molecule has 0 aliphatic rings. The van der Waals surface area contributed by atoms with Crippen LogP contribution in [-0.2, 0) is 5.11 Å². The molecule has 1 aromatic heterocycles. The van der Waals surface area contributed by atoms with E-state index in [1.807, 2.05) is 13.8 Å². The highest BCUT2D eigenvalue weighted by molar-refractivity contribution is 5.92. The second-order valence-corrected chi connectivity index (χ2v) is 3.00. The van der Waals surface area contributed by atoms with Gasteiger partial charge in [-0.2, -0.15) is 0 Å². The highest BCUT2D eigenvalue weighted by atomic mass is 16.3. The molecule has 69 valence electrons. The number of nitrogens with zero attached hydrogens (tertiary/aromatic N) is 1. The number of carbonyl (C=O) groups excluding carboxylic acids is 1. The molecule has 0 aliphatic heterocycles. The van der Waals surface area contributed by atoms with Gasteiger partial charge in [0, 0.05) is 24.4 Å². The lowest BCUT2D eigenvalue weighted by Crippen LogP contribution is -2.30. The lowest BCUT2D eigenvalue weighted by molar-refractivity contribution is 0.0937. The van der Waals surface area contributed by atoms with Crippen molar-refractivity contribution < 1.29 is 9.90 Å². The Balaban J connectivity index is 2.77. The van der Waals surface area contributed by atoms with Crippen molar-refractivity contribution in [3.8, 4) is 5.75 Å². The highest BCUT2D eigenvalue weighted by Crippen LogP contribution is 2.08. The maximum atomic E-state index is 11.3. The van der Waals surface area contributed by atoms with Gasteiger partial charge in [-0.3, -0.25) is 14.9 Å². The van der Waals surface area contributed by atoms with Gasteiger partial charge in [-0.15, -0.1) is 0 Å². The van der Waals surface area contributed by atoms with Crippen LogP contribution in [0.2, 0.25) is 0 Å². The molecule has 0 spiro atoms. The van der Waals surface area contributed by atoms with E-state index in [2.05, 4.69) is 10.3 Å². The molecule has 0 saturated heterocycles. The van der Waals surface area contributed by atoms with Crippen LogP contribution < -0.4 is 5.32 Å². The molecule has 0 aromatic carbocycles. The summed E-state index contributed by atoms with van der Waals surface area (Å²) >= 11 is 0. The van der Waals surface area contributed by atoms with Gasteiger partial charge < -0.3 is 5.32 Å². The molecule has 1 heterocycles. The highest BCUT2D eigenvalue weighted by Gasteiger charge is 2.08. The van der Waals surface area contributed by atoms with Gasteiger partial charge in [0.25, 0.3) is 5.91 Å². The number of aromatic nitrogens is 1. The van der Waals surface area contributed by atoms with Crippen LogP contribution in [0, 0.1) is 0 Å². The summed E-state index contributed by atoms with van der Waals surface area (Å²) in [6, 6.07) is 2.58. The Kier molecular flexibility index (Phi) is 2.84. The van der Waals surface area contributed by atoms with Gasteiger partial charge in [0.15, 0.2) is 5.75 Å². The smallest absolute Gasteiger partial charge is 0.270 e. The number of hydrogen-bond donors (Lipinski definition) is 1. The normalized spacial score (nSPS) is 10.1. The summed E-state index contributed by atoms with van der Waals surface area (Å²) in [6.45, 7) is 3.69. The minimum atomic E-state index is -0.312. The van der Waals surface area contributed by atoms with Crippen molar-refractivity contribution in [2.75, 3.05) is 0 Å². The van der Waals surface area contributed by atoms with E-state index < -0.39 is 0 Å². The van der Waals surface area contributed by atoms with Gasteiger partial charge in [0.2, 0.25) is 0 Å². The van der Waals surface area contributed by atoms with E-state index in [9.17, 15) is 9.90 Å². The van der Waals surface area contributed by atoms with Gasteiger partial charge in [0.05, 0.1) is 0 Å². The summed E-state index contributed by atoms with van der Waals surface area (Å²) in [6.07, 6.45) is 1.33. The molecule has 0 bridgehead atoms. The second-order valence-electron chi connectivity index (χ2n) is 3.00. The van der Waals surface area contributed by atoms with Crippen molar-refractivity contribution in [2.24, 2.45) is 0 Å². The van der Waals surface area contributed by atoms with Crippen molar-refractivity contribution in [3.63, 3.8) is 0 Å². The summed E-state index contributed by atoms with van der Waals surface area (Å²) in [4.78, 5) is 15.1. The Hall–Kier alpha value is -1.58. The first-order valence-corrected chi connectivity index (χ1v) is 4.03. The number of nitrogens with one attached hydrogen (secondary N) is 1. The third-order valence-electron chi connectivity index (χ3n) is 1.38. The number of rotatable bonds is 2. The Morgan fingerprint density at radius 3 is 2.77 bits per heavy atom. The summed E-state index contributed by atoms with van der Waals surface area (Å²) in [5, 5.41) is 13.5. The number of amides is 1. The van der Waals surface area contributed by atoms with Crippen LogP contribution in [0.25, 0.3) is 0 Å². The van der Waals surface area contributed by atoms with E-state index in [0.717, 1.165) is 0 Å². The van der Waals surface area contributed by atoms with Crippen LogP contribution in [0.15, 0.2) is 18.3 Å². The quantitative estimate of drug-likeness (QED) is 0.745. The van der Waals surface area contributed by atoms with Crippen LogP contribution in [0.3, 0.4) is 0 Å². The SMILES string of the molecule is CC(C)NC(=O)c1cc([O])ccn1. The third kappa shape index (κ3) is 2.74. The van der Waals surface area contributed by atoms with Crippen LogP contribution in [0.1, 0.15) is 24.3 Å². The molecule has 0 aliphatic carbocycles. The average Bonchev–Trinajstić information content (AvgIpc) is 2.03. The molecule has 4 nitrogen and oxygen atoms in total. The monoisotopic (exact) mass is 179 g/mol. The molecule has 0 atom stereocenters. The molecule has 4 heteroatoms. The van der Waals surface area contributed by atoms with E-state index in [1.54, 1.807) is 0 Å². The Morgan fingerprint density at radius 2 is 2.23 bits per heavy atom. The van der Waals surface area contributed by atoms with Crippen molar-refractivity contribution in [3.05, 3.63) is 24.0 Å². The van der Waals surface area contributed by atoms with Gasteiger partial charge >= 0.3 is 0 Å². The summed E-state index contributed by atoms with van der Waals surface area (Å²) in [5.74, 6) is -0.517. The third-order valence-corrected chi connectivity index (χ3v) is 1.38. The Labute approximate surface area is 76.6 Å². The molecular weight excluding hydrogens is 168 g/mol. The number of hydrogen-bond acceptors (Lipinski definition) is 2. The van der Waals surface area contributed by atoms with Crippen LogP contribution in [-0.4, -0.2) is 16.9 Å². The summed E-state index contributed by atoms with van der Waals surface area (Å²) in [5.41, 5.74) is 0.168. The van der Waals surface area contributed by atoms with Crippen LogP contribution in [0.5, 0.6) is 5.75 Å². The zero-order valence-electron chi connectivity index (χ0n) is 7.57. The lowest BCUT2D eigenvalue weighted by atomic mass is 10.3. The van der Waals surface area contributed by atoms with Crippen molar-refractivity contribution in [1.82, 2.24) is 10.3 Å². The van der Waals surface area contributed by atoms with Crippen LogP contribution >= 0.6 is 0 Å². The van der Waals surface area contributed by atoms with E-state index in [0.29, 0.717) is 0 Å². The van der Waals surface area contributed by atoms with Crippen molar-refractivity contribution in [1.29, 1.82) is 0 Å². The lowest BCUT2D eigenvalue weighted by Gasteiger charge is -2.06. The summed E-state index contributed by atoms with van der Waals surface area (Å²) in [7, 11) is 0. The predicted molar refractivity (Wildman–Crippen MR) is 47.0 cm³/mol. The first-order chi connectivity index (χ1) is 6.09. The van der Waals surface area contributed by atoms with E-state index >= 15 is 0 Å². The zero-order valence-corrected chi connectivity index (χ0v) is 7.57. The fourth-order valence-corrected chi connectivity index (χ4v) is 0.871. The first-order valence-electron chi connectivity index (χ1n) is 4.03. The van der Waals surface area contributed by atoms with Crippen molar-refractivity contribution >= 4 is 5.91 Å². The maximum absolute atomic E-state index is 11.3. The molecule has 0 unspecified atom stereocenters. The standard InChI is InChI=1S/C9H11N2O2/c1-6(2)11-9(13)8-5-7(12)3-4-10-8/h3-6H,1-2H3,(H,11,13). The van der Waals surface area contributed by atoms with Gasteiger partial charge in [-0.1, -0.05) is 0 Å². The molecule has 1 N–H and O–H groups in total. The fraction of sp³-hybridized carbons (Fsp3) is 0.333. The predicted octanol–water partition coefficient (Wildman–Crippen LogP) is 1.36. The van der Waals surface area contributed by atoms with Crippen molar-refractivity contribution in [2.45, 2.75) is 19.9 Å². The van der Waals surface area contributed by atoms with E-state index in [4.69, 9.17) is 0 Å². The second kappa shape index (κ2) is 3.89. The molecule has 0 fully saturated rings. The molecule has 1 amide bonds. The largest absolute Gasteiger partial charge is 0.349 e. The molecule has 0 saturated carbocycles. The van der Waals surface area contributed by atoms with E-state index in [-0.39, 0.29) is 23.4 Å². The minimum absolute atomic E-state index is 0.0459. The fourth-order valence-electron chi connectivity index (χ4n) is 0.871. The maximum Gasteiger partial charge on any atom is 0.270 e. The Bertz CT molecular complexity index is 310. The minimum Gasteiger partial charge on any atom is -0.349 e. The zero-order chi connectivity index (χ0) is 9.84. The molecule has 1 radical (unpaired) electrons. The molecular formula is C9H11N2O2. The van der Waals surface area contributed by atoms with Crippen LogP contribution in [0.4, 0.5) is 0 Å².